The second-order valence-corrected chi connectivity index (χ2v) is 33.9. The van der Waals surface area contributed by atoms with Crippen LogP contribution >= 0.6 is 0 Å². The first kappa shape index (κ1) is 77.9. The van der Waals surface area contributed by atoms with Gasteiger partial charge in [0.15, 0.2) is 0 Å². The Morgan fingerprint density at radius 1 is 0.0769 bits per heavy atom. The van der Waals surface area contributed by atoms with E-state index in [4.69, 9.17) is 0 Å². The van der Waals surface area contributed by atoms with E-state index in [2.05, 4.69) is 522 Å². The van der Waals surface area contributed by atoms with Crippen molar-refractivity contribution in [3.05, 3.63) is 522 Å². The molecule has 0 atom stereocenters. The smallest absolute Gasteiger partial charge is 0.00197 e. The summed E-state index contributed by atoms with van der Waals surface area (Å²) in [7, 11) is 0. The number of hydrogen-bond acceptors (Lipinski definition) is 0. The molecule has 0 N–H and O–H groups in total. The summed E-state index contributed by atoms with van der Waals surface area (Å²) in [6, 6.07) is 190. The third-order valence-corrected chi connectivity index (χ3v) is 26.3. The summed E-state index contributed by atoms with van der Waals surface area (Å²) in [5.41, 5.74) is 29.8. The lowest BCUT2D eigenvalue weighted by Gasteiger charge is -2.21. The van der Waals surface area contributed by atoms with E-state index in [0.717, 1.165) is 0 Å². The van der Waals surface area contributed by atoms with E-state index in [-0.39, 0.29) is 0 Å². The predicted molar refractivity (Wildman–Crippen MR) is 560 cm³/mol. The summed E-state index contributed by atoms with van der Waals surface area (Å²) < 4.78 is 0. The summed E-state index contributed by atoms with van der Waals surface area (Å²) in [6.07, 6.45) is 0. The van der Waals surface area contributed by atoms with Gasteiger partial charge in [-0.05, 0) is 290 Å². The van der Waals surface area contributed by atoms with Crippen molar-refractivity contribution >= 4 is 108 Å². The van der Waals surface area contributed by atoms with Gasteiger partial charge in [0.1, 0.15) is 0 Å². The maximum absolute atomic E-state index is 2.42. The van der Waals surface area contributed by atoms with Gasteiger partial charge in [-0.25, -0.2) is 0 Å². The fourth-order valence-electron chi connectivity index (χ4n) is 20.2. The molecule has 0 bridgehead atoms. The van der Waals surface area contributed by atoms with Crippen molar-refractivity contribution in [3.63, 3.8) is 0 Å². The second-order valence-electron chi connectivity index (χ2n) is 33.9. The first-order valence-electron chi connectivity index (χ1n) is 45.0. The second kappa shape index (κ2) is 34.2. The van der Waals surface area contributed by atoms with Gasteiger partial charge in [-0.2, -0.15) is 0 Å². The van der Waals surface area contributed by atoms with Gasteiger partial charge in [-0.15, -0.1) is 0 Å². The topological polar surface area (TPSA) is 0 Å². The molecule has 0 heterocycles. The fourth-order valence-corrected chi connectivity index (χ4v) is 20.2. The van der Waals surface area contributed by atoms with Crippen molar-refractivity contribution in [2.75, 3.05) is 0 Å². The van der Waals surface area contributed by atoms with E-state index < -0.39 is 0 Å². The summed E-state index contributed by atoms with van der Waals surface area (Å²) >= 11 is 0. The molecule has 0 nitrogen and oxygen atoms in total. The Balaban J connectivity index is 0.000000112. The highest BCUT2D eigenvalue weighted by molar-refractivity contribution is 6.28. The third-order valence-electron chi connectivity index (χ3n) is 26.3. The largest absolute Gasteiger partial charge is 0.0622 e. The molecular formula is C130H86. The van der Waals surface area contributed by atoms with E-state index >= 15 is 0 Å². The SMILES string of the molecule is c1ccc(-c2ccc3c(-c4ccc5ccccc5c4)c4ccc(-c5ccccc5)cc4c(-c4ccc5ccccc5c4)c3c2)cc1.c1ccc(-c2ccc3c(-c4cccc5ccccc45)c4ccc(-c5ccccc5)cc4c(-c4cccc5ccccc45)c3c2)cc1.c1ccc(-c2ccc3c(-c4ccccc4)c4ccc(-c5ccccc5)cc4c(-c4ccccc4)c3c2)cc1. The van der Waals surface area contributed by atoms with Crippen LogP contribution in [-0.2, 0) is 0 Å². The molecule has 0 aromatic heterocycles. The fraction of sp³-hybridized carbons (Fsp3) is 0. The molecular weight excluding hydrogens is 1560 g/mol. The molecule has 0 aliphatic heterocycles. The molecule has 0 saturated heterocycles. The number of benzene rings is 25. The highest BCUT2D eigenvalue weighted by Crippen LogP contribution is 2.52. The van der Waals surface area contributed by atoms with Gasteiger partial charge in [0.2, 0.25) is 0 Å². The molecule has 0 heteroatoms. The molecule has 0 fully saturated rings. The average molecular weight is 1650 g/mol. The van der Waals surface area contributed by atoms with Gasteiger partial charge in [0.05, 0.1) is 0 Å². The minimum absolute atomic E-state index is 1.22. The van der Waals surface area contributed by atoms with Crippen LogP contribution in [0.4, 0.5) is 0 Å². The van der Waals surface area contributed by atoms with Crippen LogP contribution in [0.15, 0.2) is 522 Å². The van der Waals surface area contributed by atoms with Crippen molar-refractivity contribution in [1.82, 2.24) is 0 Å². The van der Waals surface area contributed by atoms with Crippen molar-refractivity contribution in [2.24, 2.45) is 0 Å². The molecule has 0 amide bonds. The first-order valence-corrected chi connectivity index (χ1v) is 45.0. The molecule has 0 radical (unpaired) electrons. The monoisotopic (exact) mass is 1650 g/mol. The van der Waals surface area contributed by atoms with Crippen molar-refractivity contribution < 1.29 is 0 Å². The van der Waals surface area contributed by atoms with Crippen LogP contribution in [0.5, 0.6) is 0 Å². The number of hydrogen-bond donors (Lipinski definition) is 0. The summed E-state index contributed by atoms with van der Waals surface area (Å²) in [4.78, 5) is 0. The quantitative estimate of drug-likeness (QED) is 0.107. The maximum Gasteiger partial charge on any atom is -0.00197 e. The number of rotatable bonds is 12. The zero-order valence-corrected chi connectivity index (χ0v) is 71.7. The van der Waals surface area contributed by atoms with Crippen molar-refractivity contribution in [2.45, 2.75) is 0 Å². The molecule has 0 spiro atoms. The number of fused-ring (bicyclic) bond motifs is 10. The molecule has 25 aromatic carbocycles. The van der Waals surface area contributed by atoms with E-state index in [1.807, 2.05) is 0 Å². The molecule has 25 rings (SSSR count). The van der Waals surface area contributed by atoms with Gasteiger partial charge in [0, 0.05) is 0 Å². The molecule has 606 valence electrons. The Hall–Kier alpha value is -16.9. The zero-order valence-electron chi connectivity index (χ0n) is 71.7. The molecule has 0 aliphatic carbocycles. The molecule has 0 unspecified atom stereocenters. The Morgan fingerprint density at radius 2 is 0.269 bits per heavy atom. The summed E-state index contributed by atoms with van der Waals surface area (Å²) in [6.45, 7) is 0. The first-order chi connectivity index (χ1) is 64.5. The van der Waals surface area contributed by atoms with E-state index in [1.165, 1.54) is 241 Å². The summed E-state index contributed by atoms with van der Waals surface area (Å²) in [5, 5.41) is 25.2. The Labute approximate surface area is 757 Å². The van der Waals surface area contributed by atoms with Gasteiger partial charge >= 0.3 is 0 Å². The lowest BCUT2D eigenvalue weighted by molar-refractivity contribution is 1.62. The molecule has 0 aliphatic rings. The van der Waals surface area contributed by atoms with Crippen molar-refractivity contribution in [1.29, 1.82) is 0 Å². The minimum Gasteiger partial charge on any atom is -0.0622 e. The molecule has 130 heavy (non-hydrogen) atoms. The van der Waals surface area contributed by atoms with Crippen LogP contribution in [0, 0.1) is 0 Å². The predicted octanol–water partition coefficient (Wildman–Crippen LogP) is 36.6. The van der Waals surface area contributed by atoms with Crippen LogP contribution in [0.2, 0.25) is 0 Å². The Morgan fingerprint density at radius 3 is 0.562 bits per heavy atom. The van der Waals surface area contributed by atoms with Gasteiger partial charge in [-0.1, -0.05) is 473 Å². The zero-order chi connectivity index (χ0) is 86.2. The summed E-state index contributed by atoms with van der Waals surface area (Å²) in [5.74, 6) is 0. The van der Waals surface area contributed by atoms with Crippen LogP contribution < -0.4 is 0 Å². The van der Waals surface area contributed by atoms with Gasteiger partial charge < -0.3 is 0 Å². The van der Waals surface area contributed by atoms with Crippen LogP contribution in [0.1, 0.15) is 0 Å². The highest BCUT2D eigenvalue weighted by atomic mass is 14.3. The Bertz CT molecular complexity index is 8270. The van der Waals surface area contributed by atoms with E-state index in [0.29, 0.717) is 0 Å². The van der Waals surface area contributed by atoms with E-state index in [1.54, 1.807) is 0 Å². The van der Waals surface area contributed by atoms with Crippen LogP contribution in [0.25, 0.3) is 241 Å². The normalized spacial score (nSPS) is 11.4. The minimum atomic E-state index is 1.22. The van der Waals surface area contributed by atoms with Crippen molar-refractivity contribution in [3.8, 4) is 134 Å². The molecule has 25 aromatic rings. The van der Waals surface area contributed by atoms with Crippen LogP contribution in [-0.4, -0.2) is 0 Å². The van der Waals surface area contributed by atoms with Crippen LogP contribution in [0.3, 0.4) is 0 Å². The third kappa shape index (κ3) is 14.7. The standard InChI is InChI=1S/2C46H30.C38H26/c1-3-13-31(14-4-1)35-25-27-41-43(29-35)46(40-24-12-20-34-18-8-10-22-38(34)40)44-30-36(32-15-5-2-6-16-32)26-28-42(44)45(41)39-23-11-19-33-17-7-9-21-37(33)39;1-3-11-31(12-4-1)37-23-25-41-43(29-37)46(40-22-20-34-16-8-10-18-36(34)28-40)44-30-38(32-13-5-2-6-14-32)24-26-42(44)45(41)39-21-19-33-15-7-9-17-35(33)27-39;1-5-13-27(14-6-1)31-21-23-33-35(25-31)38(30-19-11-4-12-20-30)36-26-32(28-15-7-2-8-16-28)22-24-34(36)37(33)29-17-9-3-10-18-29/h2*1-30H;1-26H. The average Bonchev–Trinajstić information content (AvgIpc) is 0.722. The van der Waals surface area contributed by atoms with E-state index in [9.17, 15) is 0 Å². The lowest BCUT2D eigenvalue weighted by Crippen LogP contribution is -1.94. The van der Waals surface area contributed by atoms with Gasteiger partial charge in [-0.3, -0.25) is 0 Å². The highest BCUT2D eigenvalue weighted by Gasteiger charge is 2.25. The maximum atomic E-state index is 2.42. The Kier molecular flexibility index (Phi) is 20.5. The van der Waals surface area contributed by atoms with Gasteiger partial charge in [0.25, 0.3) is 0 Å². The lowest BCUT2D eigenvalue weighted by atomic mass is 9.82. The molecule has 0 saturated carbocycles.